The normalized spacial score (nSPS) is 17.4. The number of aromatic nitrogens is 4. The van der Waals surface area contributed by atoms with Crippen LogP contribution in [0.1, 0.15) is 26.2 Å². The number of nitrogens with zero attached hydrogens (tertiary/aromatic N) is 4. The number of benzene rings is 1. The van der Waals surface area contributed by atoms with Crippen LogP contribution in [0.4, 0.5) is 10.1 Å². The number of hydrogen-bond acceptors (Lipinski definition) is 4. The molecule has 1 saturated carbocycles. The largest absolute Gasteiger partial charge is 0.398 e. The summed E-state index contributed by atoms with van der Waals surface area (Å²) < 4.78 is 14.9. The molecule has 1 aliphatic carbocycles. The fourth-order valence-electron chi connectivity index (χ4n) is 2.36. The molecular weight excluding hydrogens is 233 g/mol. The molecule has 18 heavy (non-hydrogen) atoms. The minimum atomic E-state index is -0.356. The van der Waals surface area contributed by atoms with E-state index < -0.39 is 0 Å². The maximum Gasteiger partial charge on any atom is 0.184 e. The second-order valence-electron chi connectivity index (χ2n) is 5.00. The van der Waals surface area contributed by atoms with Crippen molar-refractivity contribution in [1.82, 2.24) is 20.2 Å². The summed E-state index contributed by atoms with van der Waals surface area (Å²) in [4.78, 5) is 0. The van der Waals surface area contributed by atoms with E-state index in [-0.39, 0.29) is 11.4 Å². The van der Waals surface area contributed by atoms with Gasteiger partial charge in [-0.25, -0.2) is 9.07 Å². The molecule has 2 aromatic rings. The minimum Gasteiger partial charge on any atom is -0.398 e. The Morgan fingerprint density at radius 2 is 2.17 bits per heavy atom. The molecule has 1 aromatic heterocycles. The first-order chi connectivity index (χ1) is 8.60. The van der Waals surface area contributed by atoms with Gasteiger partial charge >= 0.3 is 0 Å². The van der Waals surface area contributed by atoms with E-state index in [2.05, 4.69) is 22.4 Å². The molecule has 1 fully saturated rings. The van der Waals surface area contributed by atoms with E-state index in [1.54, 1.807) is 10.7 Å². The first-order valence-corrected chi connectivity index (χ1v) is 5.94. The van der Waals surface area contributed by atoms with Crippen molar-refractivity contribution in [2.24, 2.45) is 0 Å². The molecule has 0 unspecified atom stereocenters. The maximum absolute atomic E-state index is 13.1. The molecule has 0 aliphatic heterocycles. The number of hydrogen-bond donors (Lipinski definition) is 1. The van der Waals surface area contributed by atoms with Gasteiger partial charge in [-0.05, 0) is 54.8 Å². The Bertz CT molecular complexity index is 588. The number of rotatable bonds is 2. The highest BCUT2D eigenvalue weighted by Gasteiger charge is 2.37. The van der Waals surface area contributed by atoms with Crippen LogP contribution in [0, 0.1) is 5.82 Å². The highest BCUT2D eigenvalue weighted by Crippen LogP contribution is 2.40. The first kappa shape index (κ1) is 11.1. The lowest BCUT2D eigenvalue weighted by Gasteiger charge is -2.38. The predicted molar refractivity (Wildman–Crippen MR) is 65.1 cm³/mol. The quantitative estimate of drug-likeness (QED) is 0.823. The Labute approximate surface area is 104 Å². The van der Waals surface area contributed by atoms with Gasteiger partial charge in [0, 0.05) is 11.3 Å². The molecule has 0 bridgehead atoms. The Hall–Kier alpha value is -1.98. The van der Waals surface area contributed by atoms with E-state index in [1.807, 2.05) is 0 Å². The first-order valence-electron chi connectivity index (χ1n) is 5.94. The van der Waals surface area contributed by atoms with Crippen molar-refractivity contribution in [1.29, 1.82) is 0 Å². The average Bonchev–Trinajstić information content (AvgIpc) is 2.75. The molecule has 3 rings (SSSR count). The van der Waals surface area contributed by atoms with E-state index in [0.717, 1.165) is 12.8 Å². The van der Waals surface area contributed by atoms with Crippen LogP contribution in [-0.2, 0) is 5.54 Å². The number of nitrogens with two attached hydrogens (primary N) is 1. The Morgan fingerprint density at radius 3 is 2.78 bits per heavy atom. The fourth-order valence-corrected chi connectivity index (χ4v) is 2.36. The van der Waals surface area contributed by atoms with Gasteiger partial charge in [-0.15, -0.1) is 5.10 Å². The van der Waals surface area contributed by atoms with E-state index >= 15 is 0 Å². The molecule has 2 N–H and O–H groups in total. The Morgan fingerprint density at radius 1 is 1.39 bits per heavy atom. The van der Waals surface area contributed by atoms with Crippen LogP contribution in [-0.4, -0.2) is 20.2 Å². The van der Waals surface area contributed by atoms with Crippen LogP contribution < -0.4 is 5.73 Å². The molecule has 1 heterocycles. The number of halogens is 1. The van der Waals surface area contributed by atoms with Gasteiger partial charge in [0.2, 0.25) is 0 Å². The van der Waals surface area contributed by atoms with Gasteiger partial charge in [-0.3, -0.25) is 0 Å². The van der Waals surface area contributed by atoms with E-state index in [1.165, 1.54) is 18.6 Å². The zero-order chi connectivity index (χ0) is 12.8. The maximum atomic E-state index is 13.1. The zero-order valence-corrected chi connectivity index (χ0v) is 10.1. The van der Waals surface area contributed by atoms with Crippen molar-refractivity contribution in [3.05, 3.63) is 24.0 Å². The van der Waals surface area contributed by atoms with Crippen molar-refractivity contribution in [2.45, 2.75) is 31.7 Å². The molecule has 0 saturated heterocycles. The smallest absolute Gasteiger partial charge is 0.184 e. The van der Waals surface area contributed by atoms with Crippen LogP contribution in [0.3, 0.4) is 0 Å². The van der Waals surface area contributed by atoms with Crippen molar-refractivity contribution >= 4 is 5.69 Å². The fraction of sp³-hybridized carbons (Fsp3) is 0.417. The second kappa shape index (κ2) is 3.76. The summed E-state index contributed by atoms with van der Waals surface area (Å²) in [6.07, 6.45) is 3.27. The summed E-state index contributed by atoms with van der Waals surface area (Å²) in [7, 11) is 0. The molecule has 0 atom stereocenters. The molecule has 1 aromatic carbocycles. The summed E-state index contributed by atoms with van der Waals surface area (Å²) in [5.41, 5.74) is 6.82. The number of anilines is 1. The summed E-state index contributed by atoms with van der Waals surface area (Å²) in [5.74, 6) is 0.250. The SMILES string of the molecule is CC1(n2nnnc2-c2ccc(F)cc2N)CCC1. The van der Waals surface area contributed by atoms with E-state index in [4.69, 9.17) is 5.73 Å². The lowest BCUT2D eigenvalue weighted by Crippen LogP contribution is -2.38. The molecular formula is C12H14FN5. The predicted octanol–water partition coefficient (Wildman–Crippen LogP) is 1.96. The van der Waals surface area contributed by atoms with Crippen LogP contribution in [0.5, 0.6) is 0 Å². The van der Waals surface area contributed by atoms with Crippen molar-refractivity contribution in [3.63, 3.8) is 0 Å². The summed E-state index contributed by atoms with van der Waals surface area (Å²) in [6.45, 7) is 2.12. The van der Waals surface area contributed by atoms with Gasteiger partial charge in [0.05, 0.1) is 5.54 Å². The van der Waals surface area contributed by atoms with Crippen molar-refractivity contribution in [3.8, 4) is 11.4 Å². The lowest BCUT2D eigenvalue weighted by molar-refractivity contribution is 0.148. The van der Waals surface area contributed by atoms with Crippen molar-refractivity contribution in [2.75, 3.05) is 5.73 Å². The molecule has 6 heteroatoms. The Kier molecular flexibility index (Phi) is 2.33. The van der Waals surface area contributed by atoms with Crippen LogP contribution in [0.25, 0.3) is 11.4 Å². The van der Waals surface area contributed by atoms with Gasteiger partial charge < -0.3 is 5.73 Å². The van der Waals surface area contributed by atoms with Gasteiger partial charge in [-0.1, -0.05) is 0 Å². The molecule has 1 aliphatic rings. The van der Waals surface area contributed by atoms with Crippen molar-refractivity contribution < 1.29 is 4.39 Å². The average molecular weight is 247 g/mol. The van der Waals surface area contributed by atoms with Gasteiger partial charge in [0.1, 0.15) is 5.82 Å². The minimum absolute atomic E-state index is 0.0420. The molecule has 0 radical (unpaired) electrons. The van der Waals surface area contributed by atoms with Crippen LogP contribution in [0.15, 0.2) is 18.2 Å². The summed E-state index contributed by atoms with van der Waals surface area (Å²) >= 11 is 0. The molecule has 5 nitrogen and oxygen atoms in total. The monoisotopic (exact) mass is 247 g/mol. The number of tetrazole rings is 1. The lowest BCUT2D eigenvalue weighted by atomic mass is 9.78. The summed E-state index contributed by atoms with van der Waals surface area (Å²) in [6, 6.07) is 4.28. The Balaban J connectivity index is 2.10. The molecule has 0 amide bonds. The number of nitrogen functional groups attached to an aromatic ring is 1. The summed E-state index contributed by atoms with van der Waals surface area (Å²) in [5, 5.41) is 11.8. The highest BCUT2D eigenvalue weighted by molar-refractivity contribution is 5.71. The molecule has 0 spiro atoms. The topological polar surface area (TPSA) is 69.6 Å². The third kappa shape index (κ3) is 1.56. The third-order valence-electron chi connectivity index (χ3n) is 3.67. The second-order valence-corrected chi connectivity index (χ2v) is 5.00. The van der Waals surface area contributed by atoms with Gasteiger partial charge in [0.25, 0.3) is 0 Å². The van der Waals surface area contributed by atoms with Gasteiger partial charge in [0.15, 0.2) is 5.82 Å². The van der Waals surface area contributed by atoms with E-state index in [9.17, 15) is 4.39 Å². The van der Waals surface area contributed by atoms with Gasteiger partial charge in [-0.2, -0.15) is 0 Å². The molecule has 94 valence electrons. The highest BCUT2D eigenvalue weighted by atomic mass is 19.1. The van der Waals surface area contributed by atoms with Crippen LogP contribution >= 0.6 is 0 Å². The van der Waals surface area contributed by atoms with Crippen LogP contribution in [0.2, 0.25) is 0 Å². The standard InChI is InChI=1S/C12H14FN5/c1-12(5-2-6-12)18-11(15-16-17-18)9-4-3-8(13)7-10(9)14/h3-4,7H,2,5-6,14H2,1H3. The third-order valence-corrected chi connectivity index (χ3v) is 3.67. The zero-order valence-electron chi connectivity index (χ0n) is 10.1. The van der Waals surface area contributed by atoms with E-state index in [0.29, 0.717) is 17.1 Å².